The molecule has 4 heteroatoms. The van der Waals surface area contributed by atoms with Crippen molar-refractivity contribution in [3.8, 4) is 11.1 Å². The third-order valence-corrected chi connectivity index (χ3v) is 5.88. The summed E-state index contributed by atoms with van der Waals surface area (Å²) in [5.74, 6) is 0.424. The van der Waals surface area contributed by atoms with Crippen LogP contribution in [0.3, 0.4) is 0 Å². The lowest BCUT2D eigenvalue weighted by Crippen LogP contribution is -2.21. The molecule has 5 rings (SSSR count). The van der Waals surface area contributed by atoms with E-state index in [9.17, 15) is 4.79 Å². The Morgan fingerprint density at radius 3 is 2.55 bits per heavy atom. The van der Waals surface area contributed by atoms with Gasteiger partial charge in [0.15, 0.2) is 0 Å². The number of anilines is 1. The van der Waals surface area contributed by atoms with Crippen LogP contribution in [0.1, 0.15) is 23.1 Å². The third-order valence-electron chi connectivity index (χ3n) is 5.88. The molecule has 1 aliphatic carbocycles. The van der Waals surface area contributed by atoms with Gasteiger partial charge in [0.25, 0.3) is 5.56 Å². The number of fused-ring (bicyclic) bond motifs is 1. The van der Waals surface area contributed by atoms with Gasteiger partial charge in [0.2, 0.25) is 5.95 Å². The largest absolute Gasteiger partial charge is 0.369 e. The van der Waals surface area contributed by atoms with E-state index in [4.69, 9.17) is 5.73 Å². The molecule has 1 aromatic heterocycles. The van der Waals surface area contributed by atoms with Crippen LogP contribution in [0.2, 0.25) is 0 Å². The van der Waals surface area contributed by atoms with E-state index < -0.39 is 0 Å². The summed E-state index contributed by atoms with van der Waals surface area (Å²) in [4.78, 5) is 16.5. The molecular formula is C25H21N3O. The zero-order valence-corrected chi connectivity index (χ0v) is 16.2. The molecule has 29 heavy (non-hydrogen) atoms. The molecule has 2 atom stereocenters. The first-order valence-corrected chi connectivity index (χ1v) is 9.65. The monoisotopic (exact) mass is 379 g/mol. The normalized spacial score (nSPS) is 18.2. The van der Waals surface area contributed by atoms with Crippen LogP contribution < -0.4 is 11.3 Å². The Bertz CT molecular complexity index is 1330. The van der Waals surface area contributed by atoms with Crippen LogP contribution >= 0.6 is 0 Å². The van der Waals surface area contributed by atoms with Crippen molar-refractivity contribution in [1.29, 1.82) is 0 Å². The van der Waals surface area contributed by atoms with Crippen LogP contribution in [0.5, 0.6) is 0 Å². The lowest BCUT2D eigenvalue weighted by Gasteiger charge is -2.09. The Kier molecular flexibility index (Phi) is 3.88. The standard InChI is InChI=1S/C25H21N3O/c1-15-23(24(15)21-14-22(29)28(2)25(26)27-21)18-10-5-9-17(13-18)20-12-6-8-16-7-3-4-11-19(16)20/h3-14,23-24H,1H2,2H3,(H2,26,27). The van der Waals surface area contributed by atoms with Gasteiger partial charge in [-0.1, -0.05) is 78.9 Å². The number of nitrogens with zero attached hydrogens (tertiary/aromatic N) is 2. The van der Waals surface area contributed by atoms with Crippen molar-refractivity contribution in [3.63, 3.8) is 0 Å². The minimum absolute atomic E-state index is 0.0361. The first-order valence-electron chi connectivity index (χ1n) is 9.65. The second-order valence-electron chi connectivity index (χ2n) is 7.62. The quantitative estimate of drug-likeness (QED) is 0.528. The number of rotatable bonds is 3. The van der Waals surface area contributed by atoms with Gasteiger partial charge in [-0.3, -0.25) is 9.36 Å². The molecule has 0 spiro atoms. The van der Waals surface area contributed by atoms with Crippen LogP contribution in [0.4, 0.5) is 5.95 Å². The zero-order chi connectivity index (χ0) is 20.1. The molecule has 2 N–H and O–H groups in total. The van der Waals surface area contributed by atoms with E-state index in [1.807, 2.05) is 0 Å². The van der Waals surface area contributed by atoms with Crippen molar-refractivity contribution in [3.05, 3.63) is 107 Å². The minimum Gasteiger partial charge on any atom is -0.369 e. The summed E-state index contributed by atoms with van der Waals surface area (Å²) >= 11 is 0. The summed E-state index contributed by atoms with van der Waals surface area (Å²) < 4.78 is 1.35. The van der Waals surface area contributed by atoms with E-state index in [0.717, 1.165) is 5.57 Å². The van der Waals surface area contributed by atoms with E-state index in [-0.39, 0.29) is 23.3 Å². The highest BCUT2D eigenvalue weighted by atomic mass is 16.1. The Balaban J connectivity index is 1.54. The van der Waals surface area contributed by atoms with Crippen molar-refractivity contribution < 1.29 is 0 Å². The van der Waals surface area contributed by atoms with Crippen molar-refractivity contribution in [1.82, 2.24) is 9.55 Å². The van der Waals surface area contributed by atoms with Gasteiger partial charge in [0, 0.05) is 24.9 Å². The maximum Gasteiger partial charge on any atom is 0.254 e. The van der Waals surface area contributed by atoms with Crippen LogP contribution in [0.25, 0.3) is 21.9 Å². The van der Waals surface area contributed by atoms with E-state index in [1.165, 1.54) is 32.0 Å². The summed E-state index contributed by atoms with van der Waals surface area (Å²) in [5, 5.41) is 2.46. The summed E-state index contributed by atoms with van der Waals surface area (Å²) in [6.07, 6.45) is 0. The van der Waals surface area contributed by atoms with Crippen LogP contribution in [0, 0.1) is 0 Å². The maximum absolute atomic E-state index is 12.1. The van der Waals surface area contributed by atoms with E-state index in [0.29, 0.717) is 5.69 Å². The lowest BCUT2D eigenvalue weighted by molar-refractivity contribution is 0.815. The molecule has 0 saturated heterocycles. The fourth-order valence-corrected chi connectivity index (χ4v) is 4.19. The minimum atomic E-state index is -0.143. The highest BCUT2D eigenvalue weighted by Crippen LogP contribution is 2.58. The average molecular weight is 379 g/mol. The first-order chi connectivity index (χ1) is 14.0. The molecule has 4 aromatic rings. The van der Waals surface area contributed by atoms with Crippen molar-refractivity contribution in [2.45, 2.75) is 11.8 Å². The SMILES string of the molecule is C=C1C(c2cccc(-c3cccc4ccccc34)c2)C1c1cc(=O)n(C)c(N)n1. The molecule has 0 amide bonds. The second-order valence-corrected chi connectivity index (χ2v) is 7.62. The molecule has 0 bridgehead atoms. The second kappa shape index (κ2) is 6.45. The molecular weight excluding hydrogens is 358 g/mol. The lowest BCUT2D eigenvalue weighted by atomic mass is 9.95. The summed E-state index contributed by atoms with van der Waals surface area (Å²) in [6.45, 7) is 4.23. The zero-order valence-electron chi connectivity index (χ0n) is 16.2. The van der Waals surface area contributed by atoms with Gasteiger partial charge in [-0.05, 0) is 27.5 Å². The molecule has 1 heterocycles. The Labute approximate surface area is 169 Å². The number of nitrogens with two attached hydrogens (primary N) is 1. The molecule has 142 valence electrons. The van der Waals surface area contributed by atoms with Gasteiger partial charge in [0.1, 0.15) is 0 Å². The Morgan fingerprint density at radius 1 is 0.966 bits per heavy atom. The fourth-order valence-electron chi connectivity index (χ4n) is 4.19. The molecule has 0 radical (unpaired) electrons. The molecule has 1 saturated carbocycles. The van der Waals surface area contributed by atoms with Gasteiger partial charge >= 0.3 is 0 Å². The molecule has 1 aliphatic rings. The van der Waals surface area contributed by atoms with Gasteiger partial charge in [0.05, 0.1) is 5.69 Å². The number of hydrogen-bond donors (Lipinski definition) is 1. The smallest absolute Gasteiger partial charge is 0.254 e. The van der Waals surface area contributed by atoms with Gasteiger partial charge < -0.3 is 5.73 Å². The Hall–Kier alpha value is -3.66. The highest BCUT2D eigenvalue weighted by Gasteiger charge is 2.46. The summed E-state index contributed by atoms with van der Waals surface area (Å²) in [6, 6.07) is 24.9. The van der Waals surface area contributed by atoms with Gasteiger partial charge in [-0.15, -0.1) is 0 Å². The molecule has 3 aromatic carbocycles. The van der Waals surface area contributed by atoms with E-state index >= 15 is 0 Å². The predicted molar refractivity (Wildman–Crippen MR) is 118 cm³/mol. The molecule has 1 fully saturated rings. The van der Waals surface area contributed by atoms with E-state index in [1.54, 1.807) is 13.1 Å². The summed E-state index contributed by atoms with van der Waals surface area (Å²) in [7, 11) is 1.63. The number of aromatic nitrogens is 2. The highest BCUT2D eigenvalue weighted by molar-refractivity contribution is 5.96. The number of benzene rings is 3. The van der Waals surface area contributed by atoms with Crippen molar-refractivity contribution in [2.75, 3.05) is 5.73 Å². The predicted octanol–water partition coefficient (Wildman–Crippen LogP) is 4.62. The molecule has 0 aliphatic heterocycles. The number of nitrogen functional groups attached to an aromatic ring is 1. The maximum atomic E-state index is 12.1. The van der Waals surface area contributed by atoms with Crippen LogP contribution in [0.15, 0.2) is 89.7 Å². The molecule has 2 unspecified atom stereocenters. The molecule has 4 nitrogen and oxygen atoms in total. The van der Waals surface area contributed by atoms with Crippen LogP contribution in [-0.2, 0) is 7.05 Å². The Morgan fingerprint density at radius 2 is 1.72 bits per heavy atom. The third kappa shape index (κ3) is 2.85. The first kappa shape index (κ1) is 17.4. The van der Waals surface area contributed by atoms with Gasteiger partial charge in [-0.2, -0.15) is 0 Å². The summed E-state index contributed by atoms with van der Waals surface area (Å²) in [5.41, 5.74) is 11.1. The average Bonchev–Trinajstić information content (AvgIpc) is 3.42. The number of hydrogen-bond acceptors (Lipinski definition) is 3. The van der Waals surface area contributed by atoms with E-state index in [2.05, 4.69) is 78.3 Å². The van der Waals surface area contributed by atoms with Crippen molar-refractivity contribution in [2.24, 2.45) is 7.05 Å². The van der Waals surface area contributed by atoms with Gasteiger partial charge in [-0.25, -0.2) is 4.98 Å². The number of allylic oxidation sites excluding steroid dienone is 1. The fraction of sp³-hybridized carbons (Fsp3) is 0.120. The topological polar surface area (TPSA) is 60.9 Å². The van der Waals surface area contributed by atoms with Crippen LogP contribution in [-0.4, -0.2) is 9.55 Å². The van der Waals surface area contributed by atoms with Crippen molar-refractivity contribution >= 4 is 16.7 Å².